The zero-order chi connectivity index (χ0) is 12.9. The highest BCUT2D eigenvalue weighted by Crippen LogP contribution is 2.17. The van der Waals surface area contributed by atoms with Crippen LogP contribution in [-0.2, 0) is 14.8 Å². The molecule has 0 amide bonds. The Morgan fingerprint density at radius 3 is 2.59 bits per heavy atom. The molecule has 0 aromatic carbocycles. The second-order valence-electron chi connectivity index (χ2n) is 3.33. The van der Waals surface area contributed by atoms with Gasteiger partial charge in [-0.1, -0.05) is 6.08 Å². The Morgan fingerprint density at radius 1 is 1.41 bits per heavy atom. The molecule has 0 aromatic rings. The van der Waals surface area contributed by atoms with Gasteiger partial charge in [-0.05, 0) is 25.0 Å². The van der Waals surface area contributed by atoms with Gasteiger partial charge in [0, 0.05) is 17.5 Å². The number of carbonyl (C=O) groups is 1. The van der Waals surface area contributed by atoms with Gasteiger partial charge in [0.2, 0.25) is 0 Å². The van der Waals surface area contributed by atoms with E-state index in [1.54, 1.807) is 0 Å². The molecule has 1 aliphatic carbocycles. The molecule has 0 fully saturated rings. The van der Waals surface area contributed by atoms with Crippen LogP contribution in [0, 0.1) is 5.41 Å². The lowest BCUT2D eigenvalue weighted by Gasteiger charge is -2.13. The SMILES string of the molecule is N=C/C=C\S(=O)(=O)NC1=CC=C(C(=O)O)CC1. The van der Waals surface area contributed by atoms with Crippen molar-refractivity contribution in [2.75, 3.05) is 0 Å². The quantitative estimate of drug-likeness (QED) is 0.631. The topological polar surface area (TPSA) is 107 Å². The Labute approximate surface area is 98.9 Å². The van der Waals surface area contributed by atoms with E-state index in [-0.39, 0.29) is 12.0 Å². The molecule has 92 valence electrons. The average molecular weight is 256 g/mol. The van der Waals surface area contributed by atoms with Gasteiger partial charge in [0.05, 0.1) is 5.41 Å². The van der Waals surface area contributed by atoms with Crippen LogP contribution in [-0.4, -0.2) is 25.7 Å². The van der Waals surface area contributed by atoms with Gasteiger partial charge in [-0.2, -0.15) is 0 Å². The highest BCUT2D eigenvalue weighted by Gasteiger charge is 2.14. The lowest BCUT2D eigenvalue weighted by Crippen LogP contribution is -2.22. The van der Waals surface area contributed by atoms with Crippen LogP contribution in [0.4, 0.5) is 0 Å². The Morgan fingerprint density at radius 2 is 2.12 bits per heavy atom. The first-order chi connectivity index (χ1) is 7.94. The summed E-state index contributed by atoms with van der Waals surface area (Å²) in [4.78, 5) is 10.6. The minimum Gasteiger partial charge on any atom is -0.478 e. The monoisotopic (exact) mass is 256 g/mol. The Bertz CT molecular complexity index is 514. The van der Waals surface area contributed by atoms with Crippen molar-refractivity contribution < 1.29 is 18.3 Å². The molecule has 0 heterocycles. The Balaban J connectivity index is 2.76. The van der Waals surface area contributed by atoms with E-state index in [2.05, 4.69) is 4.72 Å². The summed E-state index contributed by atoms with van der Waals surface area (Å²) in [6.07, 6.45) is 5.38. The summed E-state index contributed by atoms with van der Waals surface area (Å²) < 4.78 is 25.1. The van der Waals surface area contributed by atoms with Crippen LogP contribution in [0.3, 0.4) is 0 Å². The zero-order valence-corrected chi connectivity index (χ0v) is 9.70. The molecule has 0 aromatic heterocycles. The molecule has 0 spiro atoms. The normalized spacial score (nSPS) is 16.2. The number of aliphatic carboxylic acids is 1. The van der Waals surface area contributed by atoms with Gasteiger partial charge >= 0.3 is 5.97 Å². The number of hydrogen-bond donors (Lipinski definition) is 3. The molecular weight excluding hydrogens is 244 g/mol. The van der Waals surface area contributed by atoms with Gasteiger partial charge in [-0.15, -0.1) is 0 Å². The van der Waals surface area contributed by atoms with Crippen LogP contribution in [0.25, 0.3) is 0 Å². The second kappa shape index (κ2) is 5.44. The first-order valence-electron chi connectivity index (χ1n) is 4.77. The first-order valence-corrected chi connectivity index (χ1v) is 6.32. The van der Waals surface area contributed by atoms with E-state index < -0.39 is 16.0 Å². The van der Waals surface area contributed by atoms with Crippen LogP contribution in [0.2, 0.25) is 0 Å². The van der Waals surface area contributed by atoms with Crippen molar-refractivity contribution in [1.82, 2.24) is 4.72 Å². The van der Waals surface area contributed by atoms with Crippen LogP contribution in [0.5, 0.6) is 0 Å². The first kappa shape index (κ1) is 13.2. The molecule has 7 heteroatoms. The molecule has 0 saturated carbocycles. The molecule has 0 unspecified atom stereocenters. The number of allylic oxidation sites excluding steroid dienone is 4. The minimum absolute atomic E-state index is 0.253. The number of sulfonamides is 1. The highest BCUT2D eigenvalue weighted by molar-refractivity contribution is 7.92. The number of hydrogen-bond acceptors (Lipinski definition) is 4. The van der Waals surface area contributed by atoms with Crippen molar-refractivity contribution in [2.24, 2.45) is 0 Å². The fourth-order valence-corrected chi connectivity index (χ4v) is 2.15. The van der Waals surface area contributed by atoms with Gasteiger partial charge in [0.15, 0.2) is 0 Å². The predicted octanol–water partition coefficient (Wildman–Crippen LogP) is 0.758. The van der Waals surface area contributed by atoms with E-state index in [1.165, 1.54) is 12.2 Å². The molecule has 1 aliphatic rings. The van der Waals surface area contributed by atoms with Crippen LogP contribution in [0.15, 0.2) is 34.9 Å². The smallest absolute Gasteiger partial charge is 0.331 e. The molecule has 17 heavy (non-hydrogen) atoms. The molecule has 0 aliphatic heterocycles. The molecule has 0 atom stereocenters. The van der Waals surface area contributed by atoms with E-state index in [1.807, 2.05) is 0 Å². The molecular formula is C10H12N2O4S. The van der Waals surface area contributed by atoms with Crippen molar-refractivity contribution in [1.29, 1.82) is 5.41 Å². The summed E-state index contributed by atoms with van der Waals surface area (Å²) in [6.45, 7) is 0. The van der Waals surface area contributed by atoms with E-state index in [0.717, 1.165) is 17.7 Å². The third-order valence-electron chi connectivity index (χ3n) is 2.05. The largest absolute Gasteiger partial charge is 0.478 e. The molecule has 1 rings (SSSR count). The summed E-state index contributed by atoms with van der Waals surface area (Å²) in [7, 11) is -3.61. The molecule has 6 nitrogen and oxygen atoms in total. The van der Waals surface area contributed by atoms with Crippen molar-refractivity contribution in [3.63, 3.8) is 0 Å². The Kier molecular flexibility index (Phi) is 4.22. The van der Waals surface area contributed by atoms with Crippen LogP contribution in [0.1, 0.15) is 12.8 Å². The average Bonchev–Trinajstić information content (AvgIpc) is 2.26. The fraction of sp³-hybridized carbons (Fsp3) is 0.200. The van der Waals surface area contributed by atoms with Crippen molar-refractivity contribution in [2.45, 2.75) is 12.8 Å². The lowest BCUT2D eigenvalue weighted by atomic mass is 10.0. The second-order valence-corrected chi connectivity index (χ2v) is 4.90. The fourth-order valence-electron chi connectivity index (χ4n) is 1.26. The standard InChI is InChI=1S/C10H12N2O4S/c11-6-1-7-17(15,16)12-9-4-2-8(3-5-9)10(13)14/h1-2,4,6-7,11-12H,3,5H2,(H,13,14)/b7-1-,11-6?. The van der Waals surface area contributed by atoms with Gasteiger partial charge in [0.25, 0.3) is 10.0 Å². The van der Waals surface area contributed by atoms with Gasteiger partial charge in [-0.3, -0.25) is 4.72 Å². The maximum Gasteiger partial charge on any atom is 0.331 e. The summed E-state index contributed by atoms with van der Waals surface area (Å²) in [5, 5.41) is 16.3. The third kappa shape index (κ3) is 4.23. The number of carboxylic acids is 1. The molecule has 0 saturated heterocycles. The summed E-state index contributed by atoms with van der Waals surface area (Å²) in [5.41, 5.74) is 0.688. The van der Waals surface area contributed by atoms with Gasteiger partial charge < -0.3 is 10.5 Å². The summed E-state index contributed by atoms with van der Waals surface area (Å²) in [6, 6.07) is 0. The zero-order valence-electron chi connectivity index (χ0n) is 8.88. The highest BCUT2D eigenvalue weighted by atomic mass is 32.2. The minimum atomic E-state index is -3.61. The Hall–Kier alpha value is -1.89. The lowest BCUT2D eigenvalue weighted by molar-refractivity contribution is -0.132. The predicted molar refractivity (Wildman–Crippen MR) is 63.0 cm³/mol. The third-order valence-corrected chi connectivity index (χ3v) is 3.11. The van der Waals surface area contributed by atoms with Crippen molar-refractivity contribution >= 4 is 22.2 Å². The summed E-state index contributed by atoms with van der Waals surface area (Å²) >= 11 is 0. The van der Waals surface area contributed by atoms with E-state index in [0.29, 0.717) is 12.1 Å². The summed E-state index contributed by atoms with van der Waals surface area (Å²) in [5.74, 6) is -0.994. The van der Waals surface area contributed by atoms with Crippen molar-refractivity contribution in [3.8, 4) is 0 Å². The van der Waals surface area contributed by atoms with E-state index in [9.17, 15) is 13.2 Å². The van der Waals surface area contributed by atoms with Crippen LogP contribution < -0.4 is 4.72 Å². The number of rotatable bonds is 5. The maximum absolute atomic E-state index is 11.4. The van der Waals surface area contributed by atoms with E-state index in [4.69, 9.17) is 10.5 Å². The number of nitrogens with one attached hydrogen (secondary N) is 2. The molecule has 0 bridgehead atoms. The molecule has 3 N–H and O–H groups in total. The van der Waals surface area contributed by atoms with E-state index >= 15 is 0 Å². The number of carboxylic acid groups (broad SMARTS) is 1. The molecule has 0 radical (unpaired) electrons. The van der Waals surface area contributed by atoms with Crippen molar-refractivity contribution in [3.05, 3.63) is 34.9 Å². The van der Waals surface area contributed by atoms with Gasteiger partial charge in [-0.25, -0.2) is 13.2 Å². The van der Waals surface area contributed by atoms with Gasteiger partial charge in [0.1, 0.15) is 0 Å². The maximum atomic E-state index is 11.4. The van der Waals surface area contributed by atoms with Crippen LogP contribution >= 0.6 is 0 Å².